The van der Waals surface area contributed by atoms with E-state index in [0.717, 1.165) is 148 Å². The van der Waals surface area contributed by atoms with Gasteiger partial charge in [0.15, 0.2) is 6.10 Å². The van der Waals surface area contributed by atoms with E-state index in [1.807, 2.05) is 21.1 Å². The number of ether oxygens (including phenoxy) is 2. The van der Waals surface area contributed by atoms with E-state index in [1.54, 1.807) is 0 Å². The molecule has 0 amide bonds. The lowest BCUT2D eigenvalue weighted by molar-refractivity contribution is -0.870. The van der Waals surface area contributed by atoms with Crippen LogP contribution in [0.2, 0.25) is 0 Å². The summed E-state index contributed by atoms with van der Waals surface area (Å²) in [5.74, 6) is -0.823. The molecule has 0 aliphatic rings. The summed E-state index contributed by atoms with van der Waals surface area (Å²) in [6.07, 6.45) is 114. The van der Waals surface area contributed by atoms with E-state index in [1.165, 1.54) is 116 Å². The number of carbonyl (C=O) groups excluding carboxylic acids is 2. The standard InChI is InChI=1S/C86H142NO8P/c1-6-8-10-12-14-16-18-20-22-24-26-28-30-32-34-36-38-40-41-42-43-44-45-47-49-51-53-55-57-59-61-63-65-67-69-71-73-75-77-79-86(89)95-84(83-94-96(90,91)93-81-80-87(3,4)5)82-92-85(88)78-76-74-72-70-68-66-64-62-60-58-56-54-52-50-48-46-39-37-35-33-31-29-27-25-23-21-19-17-15-13-11-9-7-2/h8-11,14-17,20-23,26-29,32,34,38,40,42-43,45,47,51,53,57,59,63,65,84H,6-7,12-13,18-19,24-25,30-31,33,35-37,39,41,44,46,48-50,52,54-56,58,60-62,64,66-83H2,1-5H3/p+1/b10-8-,11-9-,16-14-,17-15-,22-20-,23-21-,28-26-,29-27-,34-32-,40-38-,43-42-,47-45-,53-51-,59-57-,65-63-. The van der Waals surface area contributed by atoms with Crippen LogP contribution in [0.1, 0.15) is 296 Å². The van der Waals surface area contributed by atoms with Crippen LogP contribution in [0.25, 0.3) is 0 Å². The van der Waals surface area contributed by atoms with Crippen molar-refractivity contribution >= 4 is 19.8 Å². The van der Waals surface area contributed by atoms with Crippen molar-refractivity contribution in [2.45, 2.75) is 302 Å². The number of likely N-dealkylation sites (N-methyl/N-ethyl adjacent to an activating group) is 1. The van der Waals surface area contributed by atoms with Gasteiger partial charge in [-0.3, -0.25) is 18.6 Å². The van der Waals surface area contributed by atoms with Crippen molar-refractivity contribution in [2.75, 3.05) is 47.5 Å². The lowest BCUT2D eigenvalue weighted by Gasteiger charge is -2.24. The van der Waals surface area contributed by atoms with E-state index < -0.39 is 26.5 Å². The van der Waals surface area contributed by atoms with Crippen molar-refractivity contribution in [1.29, 1.82) is 0 Å². The number of unbranched alkanes of at least 4 members (excludes halogenated alkanes) is 25. The van der Waals surface area contributed by atoms with E-state index in [-0.39, 0.29) is 32.0 Å². The van der Waals surface area contributed by atoms with Crippen LogP contribution in [-0.2, 0) is 32.7 Å². The summed E-state index contributed by atoms with van der Waals surface area (Å²) in [4.78, 5) is 36.0. The number of allylic oxidation sites excluding steroid dienone is 30. The number of carbonyl (C=O) groups is 2. The SMILES string of the molecule is CC/C=C\C/C=C\C/C=C\C/C=C\C/C=C\C/C=C\C/C=C\C/C=C\C/C=C\C/C=C\C/C=C\CCCCCCCC(=O)OC(COC(=O)CCCCCCCCCCCCCCCCCCCCCC/C=C\C/C=C\C/C=C\C/C=C\CC)COP(=O)(O)OCC[N+](C)(C)C. The van der Waals surface area contributed by atoms with E-state index in [0.29, 0.717) is 17.4 Å². The predicted molar refractivity (Wildman–Crippen MR) is 417 cm³/mol. The molecule has 1 N–H and O–H groups in total. The molecule has 544 valence electrons. The van der Waals surface area contributed by atoms with Gasteiger partial charge in [0, 0.05) is 12.8 Å². The van der Waals surface area contributed by atoms with Crippen molar-refractivity contribution in [3.8, 4) is 0 Å². The number of quaternary nitrogens is 1. The fourth-order valence-corrected chi connectivity index (χ4v) is 10.9. The van der Waals surface area contributed by atoms with E-state index >= 15 is 0 Å². The minimum absolute atomic E-state index is 0.0197. The van der Waals surface area contributed by atoms with Gasteiger partial charge >= 0.3 is 19.8 Å². The molecule has 0 spiro atoms. The van der Waals surface area contributed by atoms with Crippen LogP contribution >= 0.6 is 7.82 Å². The molecular formula is C86H143NO8P+. The van der Waals surface area contributed by atoms with E-state index in [9.17, 15) is 19.0 Å². The molecule has 0 heterocycles. The van der Waals surface area contributed by atoms with Crippen LogP contribution in [0.3, 0.4) is 0 Å². The van der Waals surface area contributed by atoms with Crippen molar-refractivity contribution < 1.29 is 42.1 Å². The Morgan fingerprint density at radius 2 is 0.562 bits per heavy atom. The minimum atomic E-state index is -4.41. The molecule has 0 aromatic carbocycles. The number of hydrogen-bond acceptors (Lipinski definition) is 7. The zero-order valence-corrected chi connectivity index (χ0v) is 62.9. The normalized spacial score (nSPS) is 14.1. The largest absolute Gasteiger partial charge is 0.472 e. The average Bonchev–Trinajstić information content (AvgIpc) is 1.98. The summed E-state index contributed by atoms with van der Waals surface area (Å²) in [7, 11) is 1.45. The summed E-state index contributed by atoms with van der Waals surface area (Å²) in [5, 5.41) is 0. The summed E-state index contributed by atoms with van der Waals surface area (Å²) in [5.41, 5.74) is 0. The number of phosphoric acid groups is 1. The second-order valence-electron chi connectivity index (χ2n) is 26.3. The zero-order valence-electron chi connectivity index (χ0n) is 62.0. The molecule has 10 heteroatoms. The number of esters is 2. The number of phosphoric ester groups is 1. The van der Waals surface area contributed by atoms with Crippen molar-refractivity contribution in [1.82, 2.24) is 0 Å². The molecule has 0 rings (SSSR count). The van der Waals surface area contributed by atoms with Gasteiger partial charge in [-0.15, -0.1) is 0 Å². The molecule has 9 nitrogen and oxygen atoms in total. The Hall–Kier alpha value is -4.89. The van der Waals surface area contributed by atoms with Crippen molar-refractivity contribution in [2.24, 2.45) is 0 Å². The lowest BCUT2D eigenvalue weighted by atomic mass is 10.0. The van der Waals surface area contributed by atoms with Gasteiger partial charge in [-0.25, -0.2) is 4.57 Å². The molecule has 2 unspecified atom stereocenters. The van der Waals surface area contributed by atoms with Crippen LogP contribution in [0.5, 0.6) is 0 Å². The average molecular weight is 1350 g/mol. The molecule has 0 saturated carbocycles. The van der Waals surface area contributed by atoms with Gasteiger partial charge in [-0.1, -0.05) is 331 Å². The lowest BCUT2D eigenvalue weighted by Crippen LogP contribution is -2.37. The molecular weight excluding hydrogens is 1210 g/mol. The number of hydrogen-bond donors (Lipinski definition) is 1. The van der Waals surface area contributed by atoms with Gasteiger partial charge in [0.05, 0.1) is 27.7 Å². The van der Waals surface area contributed by atoms with E-state index in [2.05, 4.69) is 196 Å². The van der Waals surface area contributed by atoms with Crippen LogP contribution in [0.15, 0.2) is 182 Å². The van der Waals surface area contributed by atoms with Crippen molar-refractivity contribution in [3.63, 3.8) is 0 Å². The maximum atomic E-state index is 12.9. The maximum Gasteiger partial charge on any atom is 0.472 e. The second-order valence-corrected chi connectivity index (χ2v) is 27.7. The first-order chi connectivity index (χ1) is 47.0. The molecule has 96 heavy (non-hydrogen) atoms. The molecule has 0 aliphatic heterocycles. The topological polar surface area (TPSA) is 108 Å². The summed E-state index contributed by atoms with van der Waals surface area (Å²) < 4.78 is 34.8. The van der Waals surface area contributed by atoms with Crippen molar-refractivity contribution in [3.05, 3.63) is 182 Å². The van der Waals surface area contributed by atoms with Gasteiger partial charge in [0.25, 0.3) is 0 Å². The van der Waals surface area contributed by atoms with E-state index in [4.69, 9.17) is 18.5 Å². The van der Waals surface area contributed by atoms with Crippen LogP contribution in [0.4, 0.5) is 0 Å². The molecule has 0 aromatic rings. The molecule has 2 atom stereocenters. The Morgan fingerprint density at radius 1 is 0.323 bits per heavy atom. The van der Waals surface area contributed by atoms with Gasteiger partial charge in [0.2, 0.25) is 0 Å². The van der Waals surface area contributed by atoms with Crippen LogP contribution in [0, 0.1) is 0 Å². The first kappa shape index (κ1) is 91.1. The summed E-state index contributed by atoms with van der Waals surface area (Å²) in [6.45, 7) is 4.19. The maximum absolute atomic E-state index is 12.9. The highest BCUT2D eigenvalue weighted by Gasteiger charge is 2.27. The Labute approximate surface area is 591 Å². The third kappa shape index (κ3) is 78.1. The fourth-order valence-electron chi connectivity index (χ4n) is 10.1. The molecule has 0 aromatic heterocycles. The molecule has 0 fully saturated rings. The first-order valence-corrected chi connectivity index (χ1v) is 40.0. The Kier molecular flexibility index (Phi) is 70.5. The second kappa shape index (κ2) is 74.3. The van der Waals surface area contributed by atoms with Gasteiger partial charge in [0.1, 0.15) is 19.8 Å². The highest BCUT2D eigenvalue weighted by molar-refractivity contribution is 7.47. The monoisotopic (exact) mass is 1350 g/mol. The Balaban J connectivity index is 4.10. The summed E-state index contributed by atoms with van der Waals surface area (Å²) >= 11 is 0. The third-order valence-corrected chi connectivity index (χ3v) is 16.9. The smallest absolute Gasteiger partial charge is 0.462 e. The Morgan fingerprint density at radius 3 is 0.833 bits per heavy atom. The molecule has 0 aliphatic carbocycles. The Bertz CT molecular complexity index is 2280. The minimum Gasteiger partial charge on any atom is -0.462 e. The quantitative estimate of drug-likeness (QED) is 0.0211. The fraction of sp³-hybridized carbons (Fsp3) is 0.628. The summed E-state index contributed by atoms with van der Waals surface area (Å²) in [6, 6.07) is 0. The molecule has 0 bridgehead atoms. The number of rotatable bonds is 69. The predicted octanol–water partition coefficient (Wildman–Crippen LogP) is 25.8. The highest BCUT2D eigenvalue weighted by atomic mass is 31.2. The molecule has 0 radical (unpaired) electrons. The number of nitrogens with zero attached hydrogens (tertiary/aromatic N) is 1. The van der Waals surface area contributed by atoms with Gasteiger partial charge in [-0.2, -0.15) is 0 Å². The van der Waals surface area contributed by atoms with Crippen LogP contribution < -0.4 is 0 Å². The third-order valence-electron chi connectivity index (χ3n) is 15.9. The zero-order chi connectivity index (χ0) is 69.7. The highest BCUT2D eigenvalue weighted by Crippen LogP contribution is 2.43. The van der Waals surface area contributed by atoms with Gasteiger partial charge < -0.3 is 18.9 Å². The first-order valence-electron chi connectivity index (χ1n) is 38.5. The van der Waals surface area contributed by atoms with Gasteiger partial charge in [-0.05, 0) is 135 Å². The van der Waals surface area contributed by atoms with Crippen LogP contribution in [-0.4, -0.2) is 74.9 Å². The molecule has 0 saturated heterocycles.